The molecule has 1 N–H and O–H groups in total. The van der Waals surface area contributed by atoms with E-state index in [-0.39, 0.29) is 12.1 Å². The van der Waals surface area contributed by atoms with E-state index in [1.807, 2.05) is 13.8 Å². The first kappa shape index (κ1) is 10.3. The van der Waals surface area contributed by atoms with Crippen molar-refractivity contribution in [2.45, 2.75) is 26.1 Å². The van der Waals surface area contributed by atoms with Gasteiger partial charge in [0.25, 0.3) is 0 Å². The van der Waals surface area contributed by atoms with Gasteiger partial charge in [0.15, 0.2) is 6.23 Å². The summed E-state index contributed by atoms with van der Waals surface area (Å²) in [6.07, 6.45) is 0.547. The maximum Gasteiger partial charge on any atom is 0.328 e. The Balaban J connectivity index is 2.24. The molecule has 7 heteroatoms. The van der Waals surface area contributed by atoms with Crippen molar-refractivity contribution in [3.05, 3.63) is 6.33 Å². The molecular weight excluding hydrogens is 216 g/mol. The zero-order valence-electron chi connectivity index (χ0n) is 8.49. The van der Waals surface area contributed by atoms with Crippen LogP contribution in [0.3, 0.4) is 0 Å². The second-order valence-electron chi connectivity index (χ2n) is 3.60. The molecule has 1 aliphatic rings. The largest absolute Gasteiger partial charge is 0.371 e. The first-order valence-electron chi connectivity index (χ1n) is 4.66. The maximum atomic E-state index is 11.9. The smallest absolute Gasteiger partial charge is 0.328 e. The van der Waals surface area contributed by atoms with Crippen molar-refractivity contribution in [1.29, 1.82) is 0 Å². The van der Waals surface area contributed by atoms with E-state index in [9.17, 15) is 9.90 Å². The molecule has 0 spiro atoms. The SMILES string of the molecule is CC(C)N1CC(O)N(c2ncns2)C1=O. The molecular formula is C8H12N4O2S. The van der Waals surface area contributed by atoms with Crippen LogP contribution in [0, 0.1) is 0 Å². The van der Waals surface area contributed by atoms with E-state index in [1.165, 1.54) is 11.2 Å². The minimum absolute atomic E-state index is 0.0741. The number of urea groups is 1. The van der Waals surface area contributed by atoms with Gasteiger partial charge in [-0.2, -0.15) is 4.37 Å². The van der Waals surface area contributed by atoms with Crippen molar-refractivity contribution < 1.29 is 9.90 Å². The molecule has 82 valence electrons. The number of aliphatic hydroxyl groups excluding tert-OH is 1. The van der Waals surface area contributed by atoms with E-state index < -0.39 is 6.23 Å². The van der Waals surface area contributed by atoms with Gasteiger partial charge in [-0.15, -0.1) is 0 Å². The van der Waals surface area contributed by atoms with Gasteiger partial charge in [-0.1, -0.05) is 0 Å². The van der Waals surface area contributed by atoms with Gasteiger partial charge in [0, 0.05) is 17.6 Å². The van der Waals surface area contributed by atoms with Crippen molar-refractivity contribution in [3.63, 3.8) is 0 Å². The Labute approximate surface area is 91.3 Å². The van der Waals surface area contributed by atoms with Gasteiger partial charge < -0.3 is 10.0 Å². The van der Waals surface area contributed by atoms with Crippen LogP contribution in [0.4, 0.5) is 9.93 Å². The fourth-order valence-corrected chi connectivity index (χ4v) is 2.09. The van der Waals surface area contributed by atoms with Crippen LogP contribution in [0.1, 0.15) is 13.8 Å². The van der Waals surface area contributed by atoms with Crippen LogP contribution in [0.15, 0.2) is 6.33 Å². The summed E-state index contributed by atoms with van der Waals surface area (Å²) >= 11 is 1.10. The summed E-state index contributed by atoms with van der Waals surface area (Å²) in [5, 5.41) is 10.2. The van der Waals surface area contributed by atoms with E-state index in [2.05, 4.69) is 9.36 Å². The zero-order valence-corrected chi connectivity index (χ0v) is 9.31. The van der Waals surface area contributed by atoms with E-state index in [0.29, 0.717) is 11.7 Å². The number of nitrogens with zero attached hydrogens (tertiary/aromatic N) is 4. The second-order valence-corrected chi connectivity index (χ2v) is 4.36. The standard InChI is InChI=1S/C8H12N4O2S/c1-5(2)11-3-6(13)12(8(11)14)7-9-4-10-15-7/h4-6,13H,3H2,1-2H3. The summed E-state index contributed by atoms with van der Waals surface area (Å²) < 4.78 is 3.81. The lowest BCUT2D eigenvalue weighted by Crippen LogP contribution is -2.37. The number of hydrogen-bond acceptors (Lipinski definition) is 5. The number of hydrogen-bond donors (Lipinski definition) is 1. The van der Waals surface area contributed by atoms with Gasteiger partial charge in [-0.05, 0) is 13.8 Å². The monoisotopic (exact) mass is 228 g/mol. The number of anilines is 1. The summed E-state index contributed by atoms with van der Waals surface area (Å²) in [4.78, 5) is 18.7. The molecule has 15 heavy (non-hydrogen) atoms. The molecule has 1 fully saturated rings. The maximum absolute atomic E-state index is 11.9. The van der Waals surface area contributed by atoms with Gasteiger partial charge in [-0.3, -0.25) is 0 Å². The Morgan fingerprint density at radius 1 is 1.67 bits per heavy atom. The third-order valence-corrected chi connectivity index (χ3v) is 2.95. The minimum atomic E-state index is -0.826. The number of carbonyl (C=O) groups excluding carboxylic acids is 1. The van der Waals surface area contributed by atoms with Crippen molar-refractivity contribution >= 4 is 22.7 Å². The summed E-state index contributed by atoms with van der Waals surface area (Å²) in [5.41, 5.74) is 0. The number of amides is 2. The molecule has 0 aromatic carbocycles. The van der Waals surface area contributed by atoms with Crippen LogP contribution in [-0.2, 0) is 0 Å². The van der Waals surface area contributed by atoms with E-state index >= 15 is 0 Å². The number of aromatic nitrogens is 2. The number of aliphatic hydroxyl groups is 1. The summed E-state index contributed by atoms with van der Waals surface area (Å²) in [5.74, 6) is 0. The molecule has 1 aromatic rings. The van der Waals surface area contributed by atoms with Crippen molar-refractivity contribution in [3.8, 4) is 0 Å². The Morgan fingerprint density at radius 3 is 2.87 bits per heavy atom. The van der Waals surface area contributed by atoms with Crippen LogP contribution in [-0.4, -0.2) is 44.2 Å². The Hall–Kier alpha value is -1.21. The number of carbonyl (C=O) groups is 1. The lowest BCUT2D eigenvalue weighted by atomic mass is 10.3. The fourth-order valence-electron chi connectivity index (χ4n) is 1.52. The highest BCUT2D eigenvalue weighted by Crippen LogP contribution is 2.25. The van der Waals surface area contributed by atoms with Crippen molar-refractivity contribution in [2.75, 3.05) is 11.4 Å². The third-order valence-electron chi connectivity index (χ3n) is 2.29. The van der Waals surface area contributed by atoms with Crippen LogP contribution in [0.25, 0.3) is 0 Å². The molecule has 1 unspecified atom stereocenters. The molecule has 1 saturated heterocycles. The summed E-state index contributed by atoms with van der Waals surface area (Å²) in [6.45, 7) is 4.14. The van der Waals surface area contributed by atoms with Gasteiger partial charge in [0.2, 0.25) is 5.13 Å². The van der Waals surface area contributed by atoms with Crippen molar-refractivity contribution in [2.24, 2.45) is 0 Å². The first-order chi connectivity index (χ1) is 7.11. The predicted octanol–water partition coefficient (Wildman–Crippen LogP) is 0.507. The Kier molecular flexibility index (Phi) is 2.57. The fraction of sp³-hybridized carbons (Fsp3) is 0.625. The first-order valence-corrected chi connectivity index (χ1v) is 5.43. The highest BCUT2D eigenvalue weighted by Gasteiger charge is 2.39. The molecule has 1 atom stereocenters. The Morgan fingerprint density at radius 2 is 2.40 bits per heavy atom. The highest BCUT2D eigenvalue weighted by atomic mass is 32.1. The molecule has 2 rings (SSSR count). The summed E-state index contributed by atoms with van der Waals surface area (Å²) in [7, 11) is 0. The molecule has 1 aromatic heterocycles. The lowest BCUT2D eigenvalue weighted by Gasteiger charge is -2.19. The van der Waals surface area contributed by atoms with Gasteiger partial charge in [0.1, 0.15) is 6.33 Å². The van der Waals surface area contributed by atoms with Gasteiger partial charge in [0.05, 0.1) is 6.54 Å². The average Bonchev–Trinajstić information content (AvgIpc) is 2.73. The van der Waals surface area contributed by atoms with Crippen LogP contribution < -0.4 is 4.90 Å². The second kappa shape index (κ2) is 3.74. The van der Waals surface area contributed by atoms with E-state index in [0.717, 1.165) is 11.5 Å². The quantitative estimate of drug-likeness (QED) is 0.800. The highest BCUT2D eigenvalue weighted by molar-refractivity contribution is 7.09. The van der Waals surface area contributed by atoms with Crippen molar-refractivity contribution in [1.82, 2.24) is 14.3 Å². The lowest BCUT2D eigenvalue weighted by molar-refractivity contribution is 0.167. The number of β-amino-alcohol motifs (C(OH)–C–C–N with tert-alkyl or cyclic N) is 1. The molecule has 0 aliphatic carbocycles. The van der Waals surface area contributed by atoms with Gasteiger partial charge >= 0.3 is 6.03 Å². The number of rotatable bonds is 2. The minimum Gasteiger partial charge on any atom is -0.371 e. The molecule has 2 heterocycles. The molecule has 0 saturated carbocycles. The summed E-state index contributed by atoms with van der Waals surface area (Å²) in [6, 6.07) is -0.140. The van der Waals surface area contributed by atoms with Crippen LogP contribution in [0.5, 0.6) is 0 Å². The predicted molar refractivity (Wildman–Crippen MR) is 55.6 cm³/mol. The van der Waals surface area contributed by atoms with E-state index in [4.69, 9.17) is 0 Å². The molecule has 1 aliphatic heterocycles. The van der Waals surface area contributed by atoms with Gasteiger partial charge in [-0.25, -0.2) is 14.7 Å². The van der Waals surface area contributed by atoms with E-state index in [1.54, 1.807) is 4.90 Å². The molecule has 2 amide bonds. The average molecular weight is 228 g/mol. The topological polar surface area (TPSA) is 69.6 Å². The molecule has 0 bridgehead atoms. The normalized spacial score (nSPS) is 21.9. The molecule has 6 nitrogen and oxygen atoms in total. The molecule has 0 radical (unpaired) electrons. The van der Waals surface area contributed by atoms with Crippen LogP contribution in [0.2, 0.25) is 0 Å². The Bertz CT molecular complexity index is 354. The van der Waals surface area contributed by atoms with Crippen LogP contribution >= 0.6 is 11.5 Å². The zero-order chi connectivity index (χ0) is 11.0. The third kappa shape index (κ3) is 1.68.